The fourth-order valence-corrected chi connectivity index (χ4v) is 5.65. The first kappa shape index (κ1) is 23.9. The first-order valence-electron chi connectivity index (χ1n) is 9.57. The third-order valence-electron chi connectivity index (χ3n) is 5.55. The zero-order valence-corrected chi connectivity index (χ0v) is 18.3. The molecule has 0 aromatic heterocycles. The van der Waals surface area contributed by atoms with Crippen LogP contribution in [0, 0.1) is 0 Å². The predicted octanol–water partition coefficient (Wildman–Crippen LogP) is 2.48. The number of rotatable bonds is 5. The molecule has 1 saturated heterocycles. The van der Waals surface area contributed by atoms with Crippen LogP contribution < -0.4 is 4.90 Å². The van der Waals surface area contributed by atoms with Gasteiger partial charge in [-0.3, -0.25) is 0 Å². The molecule has 0 unspecified atom stereocenters. The lowest BCUT2D eigenvalue weighted by molar-refractivity contribution is -0.258. The number of halogens is 3. The maximum absolute atomic E-state index is 13.1. The van der Waals surface area contributed by atoms with Gasteiger partial charge in [0.1, 0.15) is 0 Å². The second-order valence-electron chi connectivity index (χ2n) is 7.60. The summed E-state index contributed by atoms with van der Waals surface area (Å²) in [5.74, 6) is 0. The van der Waals surface area contributed by atoms with E-state index in [9.17, 15) is 31.8 Å². The summed E-state index contributed by atoms with van der Waals surface area (Å²) in [6.07, 6.45) is 0.422. The van der Waals surface area contributed by atoms with Crippen LogP contribution in [0.3, 0.4) is 0 Å². The summed E-state index contributed by atoms with van der Waals surface area (Å²) in [5.41, 5.74) is -2.78. The minimum Gasteiger partial charge on any atom is -0.394 e. The van der Waals surface area contributed by atoms with Gasteiger partial charge in [0, 0.05) is 36.6 Å². The zero-order chi connectivity index (χ0) is 23.0. The Kier molecular flexibility index (Phi) is 6.64. The van der Waals surface area contributed by atoms with Gasteiger partial charge in [-0.25, -0.2) is 8.42 Å². The summed E-state index contributed by atoms with van der Waals surface area (Å²) in [6.45, 7) is 0.698. The van der Waals surface area contributed by atoms with E-state index in [-0.39, 0.29) is 36.7 Å². The number of alkyl halides is 3. The number of piperazine rings is 1. The number of aliphatic hydroxyl groups excluding tert-OH is 1. The van der Waals surface area contributed by atoms with Gasteiger partial charge in [0.2, 0.25) is 10.0 Å². The van der Waals surface area contributed by atoms with E-state index in [1.54, 1.807) is 17.1 Å². The number of hydrogen-bond donors (Lipinski definition) is 2. The molecule has 1 aromatic carbocycles. The number of sulfonamides is 1. The van der Waals surface area contributed by atoms with Crippen LogP contribution in [0.25, 0.3) is 0 Å². The van der Waals surface area contributed by atoms with Crippen molar-refractivity contribution in [2.75, 3.05) is 31.1 Å². The smallest absolute Gasteiger partial charge is 0.394 e. The Morgan fingerprint density at radius 3 is 2.39 bits per heavy atom. The van der Waals surface area contributed by atoms with E-state index in [1.165, 1.54) is 34.6 Å². The standard InChI is InChI=1S/C20H23F3N2O4S2/c1-19(27,20(21,22)23)14-6-8-15(9-7-14)25-11-10-24(12-16(25)13-26)31(28,29)18-5-3-2-4-17(18)30/h2-3,5-9,16,26-27H,4,10-13H2,1H3/t16-,19+/m1/s1. The topological polar surface area (TPSA) is 81.1 Å². The highest BCUT2D eigenvalue weighted by Crippen LogP contribution is 2.39. The van der Waals surface area contributed by atoms with Gasteiger partial charge in [-0.1, -0.05) is 36.5 Å². The number of anilines is 1. The van der Waals surface area contributed by atoms with Crippen molar-refractivity contribution >= 4 is 32.8 Å². The monoisotopic (exact) mass is 476 g/mol. The molecule has 1 aliphatic carbocycles. The summed E-state index contributed by atoms with van der Waals surface area (Å²) in [5, 5.41) is 19.7. The third kappa shape index (κ3) is 4.56. The van der Waals surface area contributed by atoms with Crippen LogP contribution in [0.1, 0.15) is 18.9 Å². The highest BCUT2D eigenvalue weighted by atomic mass is 32.2. The van der Waals surface area contributed by atoms with Gasteiger partial charge in [-0.15, -0.1) is 0 Å². The van der Waals surface area contributed by atoms with Crippen molar-refractivity contribution in [1.82, 2.24) is 4.31 Å². The number of aliphatic hydroxyl groups is 2. The van der Waals surface area contributed by atoms with E-state index in [2.05, 4.69) is 0 Å². The van der Waals surface area contributed by atoms with Crippen molar-refractivity contribution < 1.29 is 31.8 Å². The fraction of sp³-hybridized carbons (Fsp3) is 0.450. The lowest BCUT2D eigenvalue weighted by Gasteiger charge is -2.41. The molecular weight excluding hydrogens is 453 g/mol. The first-order valence-corrected chi connectivity index (χ1v) is 11.4. The first-order chi connectivity index (χ1) is 14.4. The van der Waals surface area contributed by atoms with Crippen LogP contribution in [0.15, 0.2) is 47.4 Å². The summed E-state index contributed by atoms with van der Waals surface area (Å²) in [6, 6.07) is 4.61. The Labute approximate surface area is 184 Å². The van der Waals surface area contributed by atoms with Crippen LogP contribution >= 0.6 is 12.2 Å². The number of hydrogen-bond acceptors (Lipinski definition) is 6. The Morgan fingerprint density at radius 2 is 1.84 bits per heavy atom. The maximum Gasteiger partial charge on any atom is 0.421 e. The molecule has 1 fully saturated rings. The minimum atomic E-state index is -4.83. The number of nitrogens with zero attached hydrogens (tertiary/aromatic N) is 2. The highest BCUT2D eigenvalue weighted by molar-refractivity contribution is 7.96. The van der Waals surface area contributed by atoms with Crippen LogP contribution in [-0.2, 0) is 15.6 Å². The molecule has 0 bridgehead atoms. The molecule has 0 saturated carbocycles. The van der Waals surface area contributed by atoms with E-state index < -0.39 is 27.8 Å². The third-order valence-corrected chi connectivity index (χ3v) is 8.01. The van der Waals surface area contributed by atoms with Gasteiger partial charge in [0.05, 0.1) is 17.6 Å². The molecule has 0 spiro atoms. The van der Waals surface area contributed by atoms with E-state index in [4.69, 9.17) is 12.2 Å². The van der Waals surface area contributed by atoms with E-state index in [0.29, 0.717) is 23.9 Å². The van der Waals surface area contributed by atoms with Crippen molar-refractivity contribution in [1.29, 1.82) is 0 Å². The summed E-state index contributed by atoms with van der Waals surface area (Å²) < 4.78 is 66.4. The molecule has 1 heterocycles. The highest BCUT2D eigenvalue weighted by Gasteiger charge is 2.51. The van der Waals surface area contributed by atoms with Crippen molar-refractivity contribution in [2.24, 2.45) is 0 Å². The van der Waals surface area contributed by atoms with Crippen LogP contribution in [-0.4, -0.2) is 66.3 Å². The number of benzene rings is 1. The molecule has 31 heavy (non-hydrogen) atoms. The fourth-order valence-electron chi connectivity index (χ4n) is 3.58. The van der Waals surface area contributed by atoms with Gasteiger partial charge in [0.15, 0.2) is 5.60 Å². The molecule has 1 aliphatic heterocycles. The predicted molar refractivity (Wildman–Crippen MR) is 115 cm³/mol. The molecule has 11 heteroatoms. The molecule has 6 nitrogen and oxygen atoms in total. The molecule has 0 radical (unpaired) electrons. The SMILES string of the molecule is C[C@](O)(c1ccc(N2CCN(S(=O)(=O)C3=CC=CCC3=S)C[C@@H]2CO)cc1)C(F)(F)F. The lowest BCUT2D eigenvalue weighted by atomic mass is 9.95. The molecule has 2 N–H and O–H groups in total. The van der Waals surface area contributed by atoms with Crippen LogP contribution in [0.5, 0.6) is 0 Å². The number of thiocarbonyl (C=S) groups is 1. The van der Waals surface area contributed by atoms with Gasteiger partial charge in [-0.05, 0) is 30.7 Å². The normalized spacial score (nSPS) is 22.9. The molecular formula is C20H23F3N2O4S2. The Bertz CT molecular complexity index is 1000. The van der Waals surface area contributed by atoms with E-state index in [0.717, 1.165) is 0 Å². The molecule has 3 rings (SSSR count). The van der Waals surface area contributed by atoms with Gasteiger partial charge < -0.3 is 15.1 Å². The van der Waals surface area contributed by atoms with Gasteiger partial charge in [-0.2, -0.15) is 17.5 Å². The second kappa shape index (κ2) is 8.62. The van der Waals surface area contributed by atoms with E-state index in [1.807, 2.05) is 0 Å². The largest absolute Gasteiger partial charge is 0.421 e. The summed E-state index contributed by atoms with van der Waals surface area (Å²) >= 11 is 5.18. The summed E-state index contributed by atoms with van der Waals surface area (Å²) in [4.78, 5) is 2.15. The van der Waals surface area contributed by atoms with Gasteiger partial charge in [0.25, 0.3) is 0 Å². The van der Waals surface area contributed by atoms with Crippen molar-refractivity contribution in [2.45, 2.75) is 31.2 Å². The van der Waals surface area contributed by atoms with Crippen molar-refractivity contribution in [3.8, 4) is 0 Å². The van der Waals surface area contributed by atoms with Crippen molar-refractivity contribution in [3.63, 3.8) is 0 Å². The Balaban J connectivity index is 1.80. The van der Waals surface area contributed by atoms with Crippen LogP contribution in [0.2, 0.25) is 0 Å². The van der Waals surface area contributed by atoms with Gasteiger partial charge >= 0.3 is 6.18 Å². The second-order valence-corrected chi connectivity index (χ2v) is 10.00. The average molecular weight is 477 g/mol. The molecule has 1 aromatic rings. The number of allylic oxidation sites excluding steroid dienone is 4. The Morgan fingerprint density at radius 1 is 1.19 bits per heavy atom. The molecule has 2 aliphatic rings. The average Bonchev–Trinajstić information content (AvgIpc) is 2.72. The quantitative estimate of drug-likeness (QED) is 0.636. The Hall–Kier alpha value is -1.79. The minimum absolute atomic E-state index is 0.00448. The molecule has 0 amide bonds. The summed E-state index contributed by atoms with van der Waals surface area (Å²) in [7, 11) is -3.82. The molecule has 2 atom stereocenters. The lowest BCUT2D eigenvalue weighted by Crippen LogP contribution is -2.56. The zero-order valence-electron chi connectivity index (χ0n) is 16.7. The van der Waals surface area contributed by atoms with E-state index >= 15 is 0 Å². The van der Waals surface area contributed by atoms with Crippen LogP contribution in [0.4, 0.5) is 18.9 Å². The molecule has 170 valence electrons. The van der Waals surface area contributed by atoms with Crippen molar-refractivity contribution in [3.05, 3.63) is 53.0 Å². The maximum atomic E-state index is 13.1.